The molecule has 1 fully saturated rings. The zero-order chi connectivity index (χ0) is 34.4. The Kier molecular flexibility index (Phi) is 13.8. The van der Waals surface area contributed by atoms with E-state index < -0.39 is 41.9 Å². The molecule has 0 aliphatic heterocycles. The summed E-state index contributed by atoms with van der Waals surface area (Å²) in [5.41, 5.74) is -0.718. The van der Waals surface area contributed by atoms with E-state index in [4.69, 9.17) is 18.9 Å². The fourth-order valence-electron chi connectivity index (χ4n) is 4.35. The van der Waals surface area contributed by atoms with Gasteiger partial charge in [0.1, 0.15) is 28.9 Å². The minimum absolute atomic E-state index is 0.00256. The molecule has 0 spiro atoms. The van der Waals surface area contributed by atoms with E-state index in [-0.39, 0.29) is 41.5 Å². The number of allylic oxidation sites excluding steroid dienone is 1. The number of alkyl carbamates (subject to hydrolysis) is 1. The Bertz CT molecular complexity index is 1430. The van der Waals surface area contributed by atoms with Gasteiger partial charge < -0.3 is 34.9 Å². The number of hydrogen-bond acceptors (Lipinski definition) is 11. The fraction of sp³-hybridized carbons (Fsp3) is 0.394. The van der Waals surface area contributed by atoms with E-state index in [1.807, 2.05) is 6.07 Å². The van der Waals surface area contributed by atoms with Gasteiger partial charge in [0.05, 0.1) is 19.2 Å². The van der Waals surface area contributed by atoms with Crippen LogP contribution in [0, 0.1) is 0 Å². The van der Waals surface area contributed by atoms with Gasteiger partial charge in [-0.2, -0.15) is 11.8 Å². The van der Waals surface area contributed by atoms with E-state index in [0.29, 0.717) is 17.9 Å². The van der Waals surface area contributed by atoms with E-state index in [1.54, 1.807) is 81.4 Å². The highest BCUT2D eigenvalue weighted by Gasteiger charge is 2.36. The normalized spacial score (nSPS) is 19.0. The van der Waals surface area contributed by atoms with Gasteiger partial charge in [0.15, 0.2) is 5.78 Å². The van der Waals surface area contributed by atoms with E-state index in [2.05, 4.69) is 16.0 Å². The molecule has 4 atom stereocenters. The third-order valence-corrected chi connectivity index (χ3v) is 7.88. The predicted molar refractivity (Wildman–Crippen MR) is 173 cm³/mol. The molecule has 3 amide bonds. The summed E-state index contributed by atoms with van der Waals surface area (Å²) in [5, 5.41) is 7.52. The maximum Gasteiger partial charge on any atom is 0.413 e. The summed E-state index contributed by atoms with van der Waals surface area (Å²) in [6.07, 6.45) is 1.90. The highest BCUT2D eigenvalue weighted by Crippen LogP contribution is 2.29. The van der Waals surface area contributed by atoms with Crippen LogP contribution in [0.5, 0.6) is 11.5 Å². The third-order valence-electron chi connectivity index (χ3n) is 6.43. The Morgan fingerprint density at radius 3 is 1.91 bits per heavy atom. The summed E-state index contributed by atoms with van der Waals surface area (Å²) in [6, 6.07) is 15.7. The van der Waals surface area contributed by atoms with Crippen LogP contribution >= 0.6 is 11.8 Å². The van der Waals surface area contributed by atoms with Crippen LogP contribution in [0.4, 0.5) is 14.4 Å². The second-order valence-corrected chi connectivity index (χ2v) is 12.7. The van der Waals surface area contributed by atoms with Crippen molar-refractivity contribution in [2.75, 3.05) is 12.9 Å². The first-order valence-corrected chi connectivity index (χ1v) is 15.8. The highest BCUT2D eigenvalue weighted by molar-refractivity contribution is 8.00. The van der Waals surface area contributed by atoms with E-state index in [9.17, 15) is 28.8 Å². The molecule has 2 aromatic carbocycles. The first kappa shape index (κ1) is 36.6. The van der Waals surface area contributed by atoms with Gasteiger partial charge >= 0.3 is 24.2 Å². The Morgan fingerprint density at radius 2 is 1.40 bits per heavy atom. The Labute approximate surface area is 277 Å². The first-order valence-electron chi connectivity index (χ1n) is 14.8. The lowest BCUT2D eigenvalue weighted by atomic mass is 10.2. The number of rotatable bonds is 9. The number of esters is 1. The largest absolute Gasteiger partial charge is 0.467 e. The monoisotopic (exact) mass is 669 g/mol. The molecule has 252 valence electrons. The highest BCUT2D eigenvalue weighted by atomic mass is 32.2. The average Bonchev–Trinajstić information content (AvgIpc) is 3.58. The Morgan fingerprint density at radius 1 is 0.830 bits per heavy atom. The van der Waals surface area contributed by atoms with Crippen LogP contribution in [0.1, 0.15) is 40.0 Å². The molecule has 47 heavy (non-hydrogen) atoms. The SMILES string of the molecule is COC(=O)[C@H](CSC1CC(=O)C[C@H]1NC(=O)Oc1ccccc1)NC(=O)OC(C)(C)C.O=C1C=CC(NC(=O)Oc2ccccc2)C1. The number of methoxy groups -OCH3 is 1. The number of ether oxygens (including phenoxy) is 4. The third kappa shape index (κ3) is 13.6. The summed E-state index contributed by atoms with van der Waals surface area (Å²) in [7, 11) is 1.22. The molecular weight excluding hydrogens is 630 g/mol. The van der Waals surface area contributed by atoms with Crippen molar-refractivity contribution in [2.24, 2.45) is 0 Å². The van der Waals surface area contributed by atoms with Crippen molar-refractivity contribution >= 4 is 47.6 Å². The number of ketones is 2. The van der Waals surface area contributed by atoms with Gasteiger partial charge in [0.25, 0.3) is 0 Å². The molecule has 2 aromatic rings. The molecule has 0 heterocycles. The number of para-hydroxylation sites is 2. The van der Waals surface area contributed by atoms with Crippen molar-refractivity contribution in [3.63, 3.8) is 0 Å². The van der Waals surface area contributed by atoms with Gasteiger partial charge in [-0.3, -0.25) is 9.59 Å². The van der Waals surface area contributed by atoms with E-state index in [0.717, 1.165) is 0 Å². The molecule has 14 heteroatoms. The Hall–Kier alpha value is -4.85. The summed E-state index contributed by atoms with van der Waals surface area (Å²) < 4.78 is 20.2. The molecule has 2 unspecified atom stereocenters. The number of carbonyl (C=O) groups is 6. The summed E-state index contributed by atoms with van der Waals surface area (Å²) >= 11 is 1.29. The van der Waals surface area contributed by atoms with Crippen molar-refractivity contribution in [2.45, 2.75) is 69.0 Å². The van der Waals surface area contributed by atoms with Crippen molar-refractivity contribution in [3.05, 3.63) is 72.8 Å². The van der Waals surface area contributed by atoms with Gasteiger partial charge in [-0.05, 0) is 51.1 Å². The van der Waals surface area contributed by atoms with Crippen LogP contribution in [0.3, 0.4) is 0 Å². The molecule has 0 aromatic heterocycles. The van der Waals surface area contributed by atoms with Gasteiger partial charge in [-0.25, -0.2) is 19.2 Å². The standard InChI is InChI=1S/C21H28N2O7S.C12H11NO3/c1-21(2,3)30-20(27)23-16(18(25)28-4)12-31-17-11-13(24)10-15(17)22-19(26)29-14-8-6-5-7-9-14;14-10-7-6-9(8-10)13-12(15)16-11-4-2-1-3-5-11/h5-9,15-17H,10-12H2,1-4H3,(H,22,26)(H,23,27);1-7,9H,8H2,(H,13,15)/t15-,16+,17?;/m1./s1. The van der Waals surface area contributed by atoms with Crippen LogP contribution in [0.25, 0.3) is 0 Å². The number of thioether (sulfide) groups is 1. The molecule has 0 radical (unpaired) electrons. The number of nitrogens with one attached hydrogen (secondary N) is 3. The first-order chi connectivity index (χ1) is 22.3. The van der Waals surface area contributed by atoms with Gasteiger partial charge in [-0.1, -0.05) is 42.5 Å². The number of Topliss-reactive ketones (excluding diaryl/α,β-unsaturated/α-hetero) is 1. The number of carbonyl (C=O) groups excluding carboxylic acids is 6. The number of amides is 3. The zero-order valence-electron chi connectivity index (χ0n) is 26.6. The van der Waals surface area contributed by atoms with Crippen molar-refractivity contribution in [1.29, 1.82) is 0 Å². The van der Waals surface area contributed by atoms with Crippen molar-refractivity contribution < 1.29 is 47.7 Å². The van der Waals surface area contributed by atoms with Crippen LogP contribution in [0.2, 0.25) is 0 Å². The summed E-state index contributed by atoms with van der Waals surface area (Å²) in [6.45, 7) is 5.14. The summed E-state index contributed by atoms with van der Waals surface area (Å²) in [5.74, 6) is 0.405. The molecule has 13 nitrogen and oxygen atoms in total. The van der Waals surface area contributed by atoms with Crippen LogP contribution in [0.15, 0.2) is 72.8 Å². The summed E-state index contributed by atoms with van der Waals surface area (Å²) in [4.78, 5) is 70.6. The molecule has 3 N–H and O–H groups in total. The lowest BCUT2D eigenvalue weighted by Crippen LogP contribution is -2.46. The molecule has 0 bridgehead atoms. The maximum absolute atomic E-state index is 12.2. The lowest BCUT2D eigenvalue weighted by Gasteiger charge is -2.24. The maximum atomic E-state index is 12.2. The van der Waals surface area contributed by atoms with Crippen LogP contribution in [-0.4, -0.2) is 77.7 Å². The van der Waals surface area contributed by atoms with Crippen molar-refractivity contribution in [3.8, 4) is 11.5 Å². The lowest BCUT2D eigenvalue weighted by molar-refractivity contribution is -0.142. The molecule has 0 saturated heterocycles. The molecular formula is C33H39N3O10S. The second-order valence-electron chi connectivity index (χ2n) is 11.5. The van der Waals surface area contributed by atoms with Crippen LogP contribution < -0.4 is 25.4 Å². The predicted octanol–water partition coefficient (Wildman–Crippen LogP) is 4.35. The quantitative estimate of drug-likeness (QED) is 0.324. The fourth-order valence-corrected chi connectivity index (χ4v) is 5.71. The smallest absolute Gasteiger partial charge is 0.413 e. The van der Waals surface area contributed by atoms with Gasteiger partial charge in [0, 0.05) is 30.3 Å². The molecule has 2 aliphatic carbocycles. The van der Waals surface area contributed by atoms with Gasteiger partial charge in [0.2, 0.25) is 0 Å². The van der Waals surface area contributed by atoms with Crippen molar-refractivity contribution in [1.82, 2.24) is 16.0 Å². The van der Waals surface area contributed by atoms with E-state index >= 15 is 0 Å². The topological polar surface area (TPSA) is 175 Å². The average molecular weight is 670 g/mol. The minimum atomic E-state index is -0.961. The zero-order valence-corrected chi connectivity index (χ0v) is 27.4. The van der Waals surface area contributed by atoms with Gasteiger partial charge in [-0.15, -0.1) is 0 Å². The molecule has 2 aliphatic rings. The number of hydrogen-bond donors (Lipinski definition) is 3. The minimum Gasteiger partial charge on any atom is -0.467 e. The molecule has 1 saturated carbocycles. The van der Waals surface area contributed by atoms with E-state index in [1.165, 1.54) is 24.9 Å². The Balaban J connectivity index is 0.000000312. The van der Waals surface area contributed by atoms with Crippen LogP contribution in [-0.2, 0) is 23.9 Å². The molecule has 4 rings (SSSR count). The number of benzene rings is 2. The second kappa shape index (κ2) is 17.7.